The SMILES string of the molecule is COC=CC(O)=CC(=O)C1(C)CC1. The molecule has 13 heavy (non-hydrogen) atoms. The molecule has 0 aromatic rings. The van der Waals surface area contributed by atoms with Crippen molar-refractivity contribution in [1.82, 2.24) is 0 Å². The van der Waals surface area contributed by atoms with Gasteiger partial charge in [0.1, 0.15) is 5.76 Å². The second-order valence-electron chi connectivity index (χ2n) is 3.53. The van der Waals surface area contributed by atoms with Crippen molar-refractivity contribution in [2.45, 2.75) is 19.8 Å². The molecule has 0 amide bonds. The van der Waals surface area contributed by atoms with Crippen LogP contribution in [0.15, 0.2) is 24.2 Å². The second-order valence-corrected chi connectivity index (χ2v) is 3.53. The summed E-state index contributed by atoms with van der Waals surface area (Å²) in [5.41, 5.74) is -0.213. The number of aliphatic hydroxyl groups excluding tert-OH is 1. The molecule has 0 saturated heterocycles. The van der Waals surface area contributed by atoms with Crippen LogP contribution in [0.1, 0.15) is 19.8 Å². The smallest absolute Gasteiger partial charge is 0.165 e. The van der Waals surface area contributed by atoms with Gasteiger partial charge in [-0.15, -0.1) is 0 Å². The zero-order valence-corrected chi connectivity index (χ0v) is 7.91. The average Bonchev–Trinajstić information content (AvgIpc) is 2.81. The first-order valence-corrected chi connectivity index (χ1v) is 4.23. The molecule has 0 unspecified atom stereocenters. The molecule has 0 atom stereocenters. The Kier molecular flexibility index (Phi) is 2.76. The standard InChI is InChI=1S/C10H14O3/c1-10(4-5-10)9(12)7-8(11)3-6-13-2/h3,6-7,11H,4-5H2,1-2H3. The Balaban J connectivity index is 2.54. The van der Waals surface area contributed by atoms with Crippen LogP contribution in [0.4, 0.5) is 0 Å². The normalized spacial score (nSPS) is 20.3. The molecule has 72 valence electrons. The lowest BCUT2D eigenvalue weighted by molar-refractivity contribution is -0.118. The van der Waals surface area contributed by atoms with E-state index in [1.54, 1.807) is 0 Å². The van der Waals surface area contributed by atoms with Gasteiger partial charge < -0.3 is 9.84 Å². The van der Waals surface area contributed by atoms with Gasteiger partial charge in [0.2, 0.25) is 0 Å². The summed E-state index contributed by atoms with van der Waals surface area (Å²) < 4.78 is 4.60. The molecule has 0 aliphatic heterocycles. The molecular weight excluding hydrogens is 168 g/mol. The van der Waals surface area contributed by atoms with Crippen LogP contribution in [-0.4, -0.2) is 18.0 Å². The molecule has 0 spiro atoms. The monoisotopic (exact) mass is 182 g/mol. The summed E-state index contributed by atoms with van der Waals surface area (Å²) in [6, 6.07) is 0. The van der Waals surface area contributed by atoms with Crippen molar-refractivity contribution in [3.8, 4) is 0 Å². The number of carbonyl (C=O) groups excluding carboxylic acids is 1. The lowest BCUT2D eigenvalue weighted by Crippen LogP contribution is -2.08. The summed E-state index contributed by atoms with van der Waals surface area (Å²) in [5, 5.41) is 9.22. The summed E-state index contributed by atoms with van der Waals surface area (Å²) in [6.45, 7) is 1.90. The van der Waals surface area contributed by atoms with E-state index in [2.05, 4.69) is 4.74 Å². The Morgan fingerprint density at radius 3 is 2.62 bits per heavy atom. The third kappa shape index (κ3) is 2.61. The highest BCUT2D eigenvalue weighted by atomic mass is 16.5. The largest absolute Gasteiger partial charge is 0.508 e. The first-order chi connectivity index (χ1) is 6.08. The summed E-state index contributed by atoms with van der Waals surface area (Å²) >= 11 is 0. The van der Waals surface area contributed by atoms with Gasteiger partial charge in [-0.1, -0.05) is 6.92 Å². The summed E-state index contributed by atoms with van der Waals surface area (Å²) in [4.78, 5) is 11.4. The predicted octanol–water partition coefficient (Wildman–Crippen LogP) is 1.96. The van der Waals surface area contributed by atoms with Gasteiger partial charge in [-0.3, -0.25) is 4.79 Å². The maximum Gasteiger partial charge on any atom is 0.165 e. The van der Waals surface area contributed by atoms with Crippen LogP contribution in [0.5, 0.6) is 0 Å². The van der Waals surface area contributed by atoms with Gasteiger partial charge in [-0.2, -0.15) is 0 Å². The quantitative estimate of drug-likeness (QED) is 0.410. The number of hydrogen-bond acceptors (Lipinski definition) is 3. The first-order valence-electron chi connectivity index (χ1n) is 4.23. The third-order valence-electron chi connectivity index (χ3n) is 2.25. The van der Waals surface area contributed by atoms with E-state index in [1.807, 2.05) is 6.92 Å². The van der Waals surface area contributed by atoms with E-state index in [-0.39, 0.29) is 17.0 Å². The lowest BCUT2D eigenvalue weighted by Gasteiger charge is -2.00. The van der Waals surface area contributed by atoms with Crippen molar-refractivity contribution < 1.29 is 14.6 Å². The highest BCUT2D eigenvalue weighted by Crippen LogP contribution is 2.46. The fraction of sp³-hybridized carbons (Fsp3) is 0.500. The Bertz CT molecular complexity index is 259. The van der Waals surface area contributed by atoms with Crippen LogP contribution < -0.4 is 0 Å². The van der Waals surface area contributed by atoms with Crippen LogP contribution >= 0.6 is 0 Å². The van der Waals surface area contributed by atoms with Gasteiger partial charge in [0.15, 0.2) is 5.78 Å². The number of allylic oxidation sites excluding steroid dienone is 2. The van der Waals surface area contributed by atoms with Crippen molar-refractivity contribution in [2.75, 3.05) is 7.11 Å². The number of methoxy groups -OCH3 is 1. The number of hydrogen-bond donors (Lipinski definition) is 1. The molecule has 0 aromatic heterocycles. The molecule has 1 fully saturated rings. The Morgan fingerprint density at radius 2 is 2.15 bits per heavy atom. The van der Waals surface area contributed by atoms with E-state index in [9.17, 15) is 9.90 Å². The van der Waals surface area contributed by atoms with Crippen LogP contribution in [-0.2, 0) is 9.53 Å². The Morgan fingerprint density at radius 1 is 1.54 bits per heavy atom. The molecule has 0 radical (unpaired) electrons. The first kappa shape index (κ1) is 9.84. The van der Waals surface area contributed by atoms with E-state index in [1.165, 1.54) is 25.5 Å². The number of aliphatic hydroxyl groups is 1. The van der Waals surface area contributed by atoms with Crippen LogP contribution in [0.3, 0.4) is 0 Å². The van der Waals surface area contributed by atoms with Gasteiger partial charge >= 0.3 is 0 Å². The van der Waals surface area contributed by atoms with Crippen molar-refractivity contribution in [3.05, 3.63) is 24.2 Å². The third-order valence-corrected chi connectivity index (χ3v) is 2.25. The second kappa shape index (κ2) is 3.64. The zero-order chi connectivity index (χ0) is 9.90. The number of ketones is 1. The topological polar surface area (TPSA) is 46.5 Å². The van der Waals surface area contributed by atoms with E-state index >= 15 is 0 Å². The van der Waals surface area contributed by atoms with Crippen molar-refractivity contribution in [3.63, 3.8) is 0 Å². The summed E-state index contributed by atoms with van der Waals surface area (Å²) in [6.07, 6.45) is 5.77. The molecule has 1 aliphatic rings. The average molecular weight is 182 g/mol. The molecule has 1 rings (SSSR count). The maximum atomic E-state index is 11.4. The highest BCUT2D eigenvalue weighted by Gasteiger charge is 2.43. The molecule has 0 aromatic carbocycles. The predicted molar refractivity (Wildman–Crippen MR) is 49.2 cm³/mol. The molecule has 0 bridgehead atoms. The molecule has 3 heteroatoms. The van der Waals surface area contributed by atoms with Crippen LogP contribution in [0.2, 0.25) is 0 Å². The van der Waals surface area contributed by atoms with E-state index < -0.39 is 0 Å². The minimum Gasteiger partial charge on any atom is -0.508 e. The Hall–Kier alpha value is -1.25. The van der Waals surface area contributed by atoms with Gasteiger partial charge in [0.05, 0.1) is 13.4 Å². The fourth-order valence-electron chi connectivity index (χ4n) is 0.928. The molecule has 3 nitrogen and oxygen atoms in total. The zero-order valence-electron chi connectivity index (χ0n) is 7.91. The van der Waals surface area contributed by atoms with Gasteiger partial charge in [-0.25, -0.2) is 0 Å². The van der Waals surface area contributed by atoms with E-state index in [0.29, 0.717) is 0 Å². The van der Waals surface area contributed by atoms with E-state index in [0.717, 1.165) is 12.8 Å². The van der Waals surface area contributed by atoms with Crippen LogP contribution in [0.25, 0.3) is 0 Å². The Labute approximate surface area is 77.7 Å². The molecule has 0 heterocycles. The molecule has 1 saturated carbocycles. The molecule has 1 aliphatic carbocycles. The fourth-order valence-corrected chi connectivity index (χ4v) is 0.928. The molecule has 1 N–H and O–H groups in total. The number of carbonyl (C=O) groups is 1. The maximum absolute atomic E-state index is 11.4. The number of rotatable bonds is 4. The minimum atomic E-state index is -0.213. The highest BCUT2D eigenvalue weighted by molar-refractivity contribution is 5.97. The van der Waals surface area contributed by atoms with Gasteiger partial charge in [-0.05, 0) is 12.8 Å². The summed E-state index contributed by atoms with van der Waals surface area (Å²) in [7, 11) is 1.48. The lowest BCUT2D eigenvalue weighted by atomic mass is 10.0. The van der Waals surface area contributed by atoms with Crippen molar-refractivity contribution in [2.24, 2.45) is 5.41 Å². The van der Waals surface area contributed by atoms with E-state index in [4.69, 9.17) is 0 Å². The van der Waals surface area contributed by atoms with Crippen molar-refractivity contribution in [1.29, 1.82) is 0 Å². The van der Waals surface area contributed by atoms with Crippen molar-refractivity contribution >= 4 is 5.78 Å². The summed E-state index contributed by atoms with van der Waals surface area (Å²) in [5.74, 6) is -0.0641. The molecular formula is C10H14O3. The number of ether oxygens (including phenoxy) is 1. The van der Waals surface area contributed by atoms with Crippen LogP contribution in [0, 0.1) is 5.41 Å². The minimum absolute atomic E-state index is 0.00856. The van der Waals surface area contributed by atoms with Gasteiger partial charge in [0, 0.05) is 17.6 Å². The van der Waals surface area contributed by atoms with Gasteiger partial charge in [0.25, 0.3) is 0 Å².